The van der Waals surface area contributed by atoms with Crippen LogP contribution in [0, 0.1) is 0 Å². The fraction of sp³-hybridized carbons (Fsp3) is 0.679. The topological polar surface area (TPSA) is 216 Å². The first-order valence-corrected chi connectivity index (χ1v) is 29.9. The first-order chi connectivity index (χ1) is 35.4. The third kappa shape index (κ3) is 19.2. The third-order valence-electron chi connectivity index (χ3n) is 13.9. The molecule has 0 spiro atoms. The standard InChI is InChI=1S/C56H86N5O11P/c1-4-6-7-8-9-10-11-12-13-14-15-16-17-21-26-35-68-40-45(41-70-73(3,67)36-27-32-57)71-51(63)31-23-20-18-19-22-30-50(62)58-33-34-59-55(66)72-56(5-2)47-38-49-52-44(37-43-28-24-25-29-48(43)60-52)39-61(49)53(64)46(47)42-69-54(56)65/h24-25,28-29,37-38,45H,4-23,26-27,30-36,39-42,57H2,1-3H3,(H,58,62)(H,59,66)/t45?,56-,73?/m0/s1. The number of hydrogen-bond acceptors (Lipinski definition) is 13. The van der Waals surface area contributed by atoms with E-state index in [1.165, 1.54) is 83.5 Å². The minimum Gasteiger partial charge on any atom is -0.457 e. The number of carbonyl (C=O) groups is 4. The predicted octanol–water partition coefficient (Wildman–Crippen LogP) is 10.7. The lowest BCUT2D eigenvalue weighted by Crippen LogP contribution is -2.49. The summed E-state index contributed by atoms with van der Waals surface area (Å²) in [6.45, 7) is 7.01. The SMILES string of the molecule is CCCCCCCCCCCCCCCCCOCC(COP(C)(=O)CCCN)OC(=O)CCCCCCCC(=O)NCCNC(=O)O[C@]1(CC)C(=O)OCc2c1cc1n(c2=O)Cc2cc3ccccc3nc2-1. The first kappa shape index (κ1) is 59.2. The van der Waals surface area contributed by atoms with E-state index in [1.54, 1.807) is 24.2 Å². The summed E-state index contributed by atoms with van der Waals surface area (Å²) >= 11 is 0. The number of amides is 2. The fourth-order valence-corrected chi connectivity index (χ4v) is 11.0. The number of hydrogen-bond donors (Lipinski definition) is 3. The Labute approximate surface area is 433 Å². The summed E-state index contributed by atoms with van der Waals surface area (Å²) < 4.78 is 43.2. The molecule has 17 heteroatoms. The van der Waals surface area contributed by atoms with Crippen molar-refractivity contribution in [2.24, 2.45) is 5.73 Å². The Balaban J connectivity index is 0.929. The third-order valence-corrected chi connectivity index (χ3v) is 15.8. The Hall–Kier alpha value is -4.63. The molecule has 0 saturated heterocycles. The Bertz CT molecular complexity index is 2320. The zero-order valence-electron chi connectivity index (χ0n) is 44.3. The van der Waals surface area contributed by atoms with Crippen LogP contribution in [0.3, 0.4) is 0 Å². The van der Waals surface area contributed by atoms with E-state index in [2.05, 4.69) is 17.6 Å². The highest BCUT2D eigenvalue weighted by Gasteiger charge is 2.50. The van der Waals surface area contributed by atoms with Crippen molar-refractivity contribution < 1.29 is 47.2 Å². The number of fused-ring (bicyclic) bond motifs is 5. The highest BCUT2D eigenvalue weighted by molar-refractivity contribution is 7.58. The van der Waals surface area contributed by atoms with Crippen molar-refractivity contribution in [1.29, 1.82) is 0 Å². The molecule has 406 valence electrons. The minimum absolute atomic E-state index is 0.00769. The van der Waals surface area contributed by atoms with Gasteiger partial charge in [0.1, 0.15) is 12.7 Å². The van der Waals surface area contributed by atoms with Gasteiger partial charge in [0.25, 0.3) is 5.56 Å². The lowest BCUT2D eigenvalue weighted by atomic mass is 9.85. The average molecular weight is 1040 g/mol. The molecule has 4 N–H and O–H groups in total. The van der Waals surface area contributed by atoms with Crippen molar-refractivity contribution >= 4 is 42.2 Å². The number of para-hydroxylation sites is 1. The van der Waals surface area contributed by atoms with Crippen LogP contribution < -0.4 is 21.9 Å². The van der Waals surface area contributed by atoms with Crippen molar-refractivity contribution in [3.8, 4) is 11.4 Å². The molecular formula is C56H86N5O11P. The van der Waals surface area contributed by atoms with Gasteiger partial charge in [-0.25, -0.2) is 14.6 Å². The molecule has 0 aliphatic carbocycles. The van der Waals surface area contributed by atoms with E-state index in [4.69, 9.17) is 34.2 Å². The van der Waals surface area contributed by atoms with Gasteiger partial charge in [-0.05, 0) is 56.8 Å². The molecule has 4 heterocycles. The number of ether oxygens (including phenoxy) is 4. The lowest BCUT2D eigenvalue weighted by Gasteiger charge is -2.35. The number of benzene rings is 1. The van der Waals surface area contributed by atoms with E-state index in [-0.39, 0.29) is 74.3 Å². The largest absolute Gasteiger partial charge is 0.457 e. The molecule has 2 unspecified atom stereocenters. The number of rotatable bonds is 38. The van der Waals surface area contributed by atoms with Gasteiger partial charge < -0.3 is 44.4 Å². The molecule has 0 bridgehead atoms. The van der Waals surface area contributed by atoms with E-state index in [1.807, 2.05) is 30.3 Å². The molecule has 2 amide bonds. The lowest BCUT2D eigenvalue weighted by molar-refractivity contribution is -0.172. The van der Waals surface area contributed by atoms with Crippen LogP contribution in [0.4, 0.5) is 4.79 Å². The molecule has 16 nitrogen and oxygen atoms in total. The molecular weight excluding hydrogens is 950 g/mol. The molecule has 1 aromatic carbocycles. The number of nitrogens with zero attached hydrogens (tertiary/aromatic N) is 2. The van der Waals surface area contributed by atoms with Crippen LogP contribution >= 0.6 is 7.37 Å². The van der Waals surface area contributed by atoms with Gasteiger partial charge in [0, 0.05) is 61.9 Å². The summed E-state index contributed by atoms with van der Waals surface area (Å²) in [5.74, 6) is -1.28. The van der Waals surface area contributed by atoms with Crippen LogP contribution in [0.2, 0.25) is 0 Å². The van der Waals surface area contributed by atoms with Gasteiger partial charge in [0.15, 0.2) is 7.37 Å². The van der Waals surface area contributed by atoms with Crippen LogP contribution in [-0.4, -0.2) is 91.9 Å². The van der Waals surface area contributed by atoms with Crippen molar-refractivity contribution in [2.45, 2.75) is 193 Å². The van der Waals surface area contributed by atoms with Gasteiger partial charge in [-0.2, -0.15) is 0 Å². The van der Waals surface area contributed by atoms with Crippen LogP contribution in [0.15, 0.2) is 41.2 Å². The number of nitrogens with two attached hydrogens (primary N) is 1. The number of aromatic nitrogens is 2. The molecule has 2 aliphatic heterocycles. The van der Waals surface area contributed by atoms with Gasteiger partial charge in [-0.1, -0.05) is 141 Å². The quantitative estimate of drug-likeness (QED) is 0.0165. The van der Waals surface area contributed by atoms with Crippen molar-refractivity contribution in [3.63, 3.8) is 0 Å². The number of nitrogens with one attached hydrogen (secondary N) is 2. The molecule has 2 aromatic heterocycles. The highest BCUT2D eigenvalue weighted by atomic mass is 31.2. The fourth-order valence-electron chi connectivity index (χ4n) is 9.65. The zero-order chi connectivity index (χ0) is 52.3. The number of alkyl carbamates (subject to hydrolysis) is 1. The van der Waals surface area contributed by atoms with E-state index in [0.717, 1.165) is 48.6 Å². The maximum Gasteiger partial charge on any atom is 0.408 e. The summed E-state index contributed by atoms with van der Waals surface area (Å²) in [5.41, 5.74) is 6.81. The number of carbonyl (C=O) groups excluding carboxylic acids is 4. The number of cyclic esters (lactones) is 1. The Morgan fingerprint density at radius 3 is 2.11 bits per heavy atom. The summed E-state index contributed by atoms with van der Waals surface area (Å²) in [6.07, 6.45) is 23.1. The summed E-state index contributed by atoms with van der Waals surface area (Å²) in [5, 5.41) is 6.37. The normalized spacial score (nSPS) is 16.0. The smallest absolute Gasteiger partial charge is 0.408 e. The van der Waals surface area contributed by atoms with E-state index < -0.39 is 31.1 Å². The second-order valence-corrected chi connectivity index (χ2v) is 22.7. The predicted molar refractivity (Wildman–Crippen MR) is 286 cm³/mol. The van der Waals surface area contributed by atoms with Gasteiger partial charge in [-0.3, -0.25) is 18.9 Å². The average Bonchev–Trinajstić information content (AvgIpc) is 3.74. The van der Waals surface area contributed by atoms with E-state index >= 15 is 0 Å². The Morgan fingerprint density at radius 2 is 1.44 bits per heavy atom. The van der Waals surface area contributed by atoms with Crippen LogP contribution in [0.5, 0.6) is 0 Å². The second kappa shape index (κ2) is 32.0. The molecule has 73 heavy (non-hydrogen) atoms. The molecule has 0 saturated carbocycles. The minimum atomic E-state index is -2.88. The molecule has 0 fully saturated rings. The van der Waals surface area contributed by atoms with Crippen molar-refractivity contribution in [2.75, 3.05) is 52.3 Å². The van der Waals surface area contributed by atoms with Crippen LogP contribution in [0.1, 0.15) is 185 Å². The maximum absolute atomic E-state index is 13.8. The Kier molecular flexibility index (Phi) is 25.9. The molecule has 5 rings (SSSR count). The molecule has 3 aromatic rings. The number of unbranched alkanes of at least 4 members (excludes halogenated alkanes) is 18. The van der Waals surface area contributed by atoms with Crippen LogP contribution in [-0.2, 0) is 61.2 Å². The molecule has 2 aliphatic rings. The van der Waals surface area contributed by atoms with E-state index in [9.17, 15) is 28.5 Å². The number of pyridine rings is 2. The first-order valence-electron chi connectivity index (χ1n) is 27.7. The monoisotopic (exact) mass is 1040 g/mol. The van der Waals surface area contributed by atoms with Gasteiger partial charge in [0.2, 0.25) is 11.5 Å². The summed E-state index contributed by atoms with van der Waals surface area (Å²) in [4.78, 5) is 70.7. The maximum atomic E-state index is 13.8. The molecule has 0 radical (unpaired) electrons. The number of esters is 2. The zero-order valence-corrected chi connectivity index (χ0v) is 45.2. The van der Waals surface area contributed by atoms with Gasteiger partial charge >= 0.3 is 18.0 Å². The Morgan fingerprint density at radius 1 is 0.808 bits per heavy atom. The van der Waals surface area contributed by atoms with Gasteiger partial charge in [-0.15, -0.1) is 0 Å². The van der Waals surface area contributed by atoms with E-state index in [0.29, 0.717) is 62.9 Å². The highest BCUT2D eigenvalue weighted by Crippen LogP contribution is 2.43. The van der Waals surface area contributed by atoms with Crippen molar-refractivity contribution in [1.82, 2.24) is 20.2 Å². The van der Waals surface area contributed by atoms with Crippen LogP contribution in [0.25, 0.3) is 22.3 Å². The van der Waals surface area contributed by atoms with Gasteiger partial charge in [0.05, 0.1) is 42.2 Å². The summed E-state index contributed by atoms with van der Waals surface area (Å²) in [7, 11) is -2.88. The molecule has 3 atom stereocenters. The summed E-state index contributed by atoms with van der Waals surface area (Å²) in [6, 6.07) is 11.4. The second-order valence-electron chi connectivity index (χ2n) is 20.0. The van der Waals surface area contributed by atoms with Crippen molar-refractivity contribution in [3.05, 3.63) is 63.4 Å².